The third-order valence-electron chi connectivity index (χ3n) is 5.27. The van der Waals surface area contributed by atoms with Crippen molar-refractivity contribution in [3.05, 3.63) is 106 Å². The fourth-order valence-electron chi connectivity index (χ4n) is 3.44. The maximum absolute atomic E-state index is 13.8. The van der Waals surface area contributed by atoms with Gasteiger partial charge in [-0.05, 0) is 48.5 Å². The Morgan fingerprint density at radius 3 is 2.68 bits per heavy atom. The van der Waals surface area contributed by atoms with Crippen LogP contribution in [0.2, 0.25) is 0 Å². The van der Waals surface area contributed by atoms with Gasteiger partial charge in [0.15, 0.2) is 5.84 Å². The number of carbonyl (C=O) groups excluding carboxylic acids is 1. The van der Waals surface area contributed by atoms with E-state index in [2.05, 4.69) is 10.1 Å². The number of hydrogen-bond donors (Lipinski definition) is 1. The van der Waals surface area contributed by atoms with Crippen LogP contribution in [0.3, 0.4) is 0 Å². The number of amides is 1. The van der Waals surface area contributed by atoms with E-state index in [1.165, 1.54) is 22.8 Å². The first-order chi connectivity index (χ1) is 16.5. The Bertz CT molecular complexity index is 1400. The second-order valence-electron chi connectivity index (χ2n) is 7.74. The van der Waals surface area contributed by atoms with E-state index in [1.807, 2.05) is 31.2 Å². The van der Waals surface area contributed by atoms with E-state index in [9.17, 15) is 9.18 Å². The maximum atomic E-state index is 13.8. The van der Waals surface area contributed by atoms with Crippen LogP contribution >= 0.6 is 11.8 Å². The summed E-state index contributed by atoms with van der Waals surface area (Å²) in [6.45, 7) is 2.09. The first kappa shape index (κ1) is 21.8. The minimum atomic E-state index is -0.498. The number of hydrazone groups is 1. The number of rotatable bonds is 5. The Balaban J connectivity index is 1.37. The zero-order valence-corrected chi connectivity index (χ0v) is 19.0. The minimum Gasteiger partial charge on any atom is -0.489 e. The molecule has 2 aliphatic heterocycles. The van der Waals surface area contributed by atoms with Crippen LogP contribution in [-0.2, 0) is 11.4 Å². The van der Waals surface area contributed by atoms with E-state index in [-0.39, 0.29) is 23.8 Å². The topological polar surface area (TPSA) is 78.1 Å². The molecular weight excluding hydrogens is 451 g/mol. The van der Waals surface area contributed by atoms with Gasteiger partial charge < -0.3 is 4.74 Å². The molecule has 0 atom stereocenters. The Kier molecular flexibility index (Phi) is 5.81. The quantitative estimate of drug-likeness (QED) is 0.508. The van der Waals surface area contributed by atoms with E-state index in [0.29, 0.717) is 27.1 Å². The Morgan fingerprint density at radius 2 is 1.88 bits per heavy atom. The molecule has 8 heteroatoms. The standard InChI is InChI=1S/C26H19FN4O2S/c1-16-9-11-18(12-10-16)25-30-31-23(28)21(24(32)29-26(31)34-25)14-17-5-4-7-20(13-17)33-15-19-6-2-3-8-22(19)27/h2-14,28H,15H2,1H3/b21-14-,28-23?. The third-order valence-corrected chi connectivity index (χ3v) is 6.23. The Morgan fingerprint density at radius 1 is 1.09 bits per heavy atom. The second kappa shape index (κ2) is 9.07. The summed E-state index contributed by atoms with van der Waals surface area (Å²) in [5.74, 6) is -0.346. The van der Waals surface area contributed by atoms with Crippen molar-refractivity contribution in [2.45, 2.75) is 13.5 Å². The van der Waals surface area contributed by atoms with Crippen LogP contribution in [0.1, 0.15) is 22.3 Å². The first-order valence-electron chi connectivity index (χ1n) is 10.5. The molecule has 0 fully saturated rings. The lowest BCUT2D eigenvalue weighted by molar-refractivity contribution is -0.114. The van der Waals surface area contributed by atoms with Crippen molar-refractivity contribution in [1.29, 1.82) is 5.41 Å². The lowest BCUT2D eigenvalue weighted by Gasteiger charge is -2.20. The number of halogens is 1. The fourth-order valence-corrected chi connectivity index (χ4v) is 4.34. The molecule has 0 bridgehead atoms. The van der Waals surface area contributed by atoms with Crippen molar-refractivity contribution < 1.29 is 13.9 Å². The average molecular weight is 471 g/mol. The fraction of sp³-hybridized carbons (Fsp3) is 0.0769. The molecule has 0 saturated carbocycles. The molecule has 168 valence electrons. The highest BCUT2D eigenvalue weighted by Crippen LogP contribution is 2.31. The molecule has 1 amide bonds. The number of hydrogen-bond acceptors (Lipinski definition) is 5. The summed E-state index contributed by atoms with van der Waals surface area (Å²) in [5, 5.41) is 15.5. The normalized spacial score (nSPS) is 16.4. The van der Waals surface area contributed by atoms with Gasteiger partial charge in [0.05, 0.1) is 5.57 Å². The summed E-state index contributed by atoms with van der Waals surface area (Å²) in [7, 11) is 0. The minimum absolute atomic E-state index is 0.0395. The van der Waals surface area contributed by atoms with Crippen molar-refractivity contribution in [1.82, 2.24) is 5.01 Å². The van der Waals surface area contributed by atoms with Crippen LogP contribution in [0.5, 0.6) is 5.75 Å². The number of thioether (sulfide) groups is 1. The predicted octanol–water partition coefficient (Wildman–Crippen LogP) is 5.38. The van der Waals surface area contributed by atoms with Crippen molar-refractivity contribution in [2.75, 3.05) is 0 Å². The molecule has 0 unspecified atom stereocenters. The van der Waals surface area contributed by atoms with Crippen molar-refractivity contribution >= 4 is 39.8 Å². The summed E-state index contributed by atoms with van der Waals surface area (Å²) in [6, 6.07) is 21.4. The lowest BCUT2D eigenvalue weighted by Crippen LogP contribution is -2.35. The van der Waals surface area contributed by atoms with Crippen LogP contribution in [0, 0.1) is 18.2 Å². The highest BCUT2D eigenvalue weighted by atomic mass is 32.2. The molecule has 0 saturated heterocycles. The van der Waals surface area contributed by atoms with Gasteiger partial charge in [-0.1, -0.05) is 60.2 Å². The van der Waals surface area contributed by atoms with E-state index in [1.54, 1.807) is 48.5 Å². The number of nitrogens with one attached hydrogen (secondary N) is 1. The van der Waals surface area contributed by atoms with Gasteiger partial charge in [0.2, 0.25) is 5.17 Å². The zero-order chi connectivity index (χ0) is 23.7. The van der Waals surface area contributed by atoms with Crippen molar-refractivity contribution in [3.63, 3.8) is 0 Å². The molecule has 0 radical (unpaired) electrons. The molecule has 1 N–H and O–H groups in total. The number of ether oxygens (including phenoxy) is 1. The smallest absolute Gasteiger partial charge is 0.283 e. The first-order valence-corrected chi connectivity index (χ1v) is 11.3. The molecule has 0 aromatic heterocycles. The Hall–Kier alpha value is -4.04. The summed E-state index contributed by atoms with van der Waals surface area (Å²) >= 11 is 1.26. The summed E-state index contributed by atoms with van der Waals surface area (Å²) in [5.41, 5.74) is 3.27. The van der Waals surface area contributed by atoms with Crippen molar-refractivity contribution in [2.24, 2.45) is 10.1 Å². The molecule has 3 aromatic rings. The zero-order valence-electron chi connectivity index (χ0n) is 18.2. The van der Waals surface area contributed by atoms with Gasteiger partial charge in [0.1, 0.15) is 23.2 Å². The van der Waals surface area contributed by atoms with Crippen LogP contribution in [0.15, 0.2) is 88.5 Å². The number of aryl methyl sites for hydroxylation is 1. The highest BCUT2D eigenvalue weighted by molar-refractivity contribution is 8.27. The van der Waals surface area contributed by atoms with Crippen LogP contribution in [0.25, 0.3) is 6.08 Å². The number of carbonyl (C=O) groups is 1. The van der Waals surface area contributed by atoms with E-state index in [0.717, 1.165) is 11.1 Å². The largest absolute Gasteiger partial charge is 0.489 e. The monoisotopic (exact) mass is 470 g/mol. The van der Waals surface area contributed by atoms with Gasteiger partial charge in [0.25, 0.3) is 5.91 Å². The number of nitrogens with zero attached hydrogens (tertiary/aromatic N) is 3. The van der Waals surface area contributed by atoms with E-state index < -0.39 is 5.91 Å². The van der Waals surface area contributed by atoms with E-state index in [4.69, 9.17) is 10.1 Å². The maximum Gasteiger partial charge on any atom is 0.283 e. The van der Waals surface area contributed by atoms with Gasteiger partial charge in [0, 0.05) is 11.1 Å². The van der Waals surface area contributed by atoms with Gasteiger partial charge in [-0.2, -0.15) is 15.1 Å². The molecule has 5 rings (SSSR count). The van der Waals surface area contributed by atoms with Crippen LogP contribution in [0.4, 0.5) is 4.39 Å². The molecule has 3 aromatic carbocycles. The molecule has 0 spiro atoms. The predicted molar refractivity (Wildman–Crippen MR) is 132 cm³/mol. The summed E-state index contributed by atoms with van der Waals surface area (Å²) in [4.78, 5) is 16.9. The van der Waals surface area contributed by atoms with Gasteiger partial charge >= 0.3 is 0 Å². The number of amidine groups is 2. The molecular formula is C26H19FN4O2S. The highest BCUT2D eigenvalue weighted by Gasteiger charge is 2.36. The van der Waals surface area contributed by atoms with E-state index >= 15 is 0 Å². The molecule has 0 aliphatic carbocycles. The molecule has 2 aliphatic rings. The summed E-state index contributed by atoms with van der Waals surface area (Å²) in [6.07, 6.45) is 1.59. The van der Waals surface area contributed by atoms with Crippen LogP contribution < -0.4 is 4.74 Å². The SMILES string of the molecule is Cc1ccc(C2=NN3C(=N)/C(=C/c4cccc(OCc5ccccc5F)c4)C(=O)N=C3S2)cc1. The Labute approximate surface area is 200 Å². The number of benzene rings is 3. The van der Waals surface area contributed by atoms with Gasteiger partial charge in [-0.15, -0.1) is 0 Å². The average Bonchev–Trinajstić information content (AvgIpc) is 3.26. The summed E-state index contributed by atoms with van der Waals surface area (Å²) < 4.78 is 19.6. The molecule has 34 heavy (non-hydrogen) atoms. The molecule has 2 heterocycles. The molecule has 6 nitrogen and oxygen atoms in total. The third kappa shape index (κ3) is 4.40. The number of fused-ring (bicyclic) bond motifs is 1. The lowest BCUT2D eigenvalue weighted by atomic mass is 10.1. The van der Waals surface area contributed by atoms with Crippen LogP contribution in [-0.4, -0.2) is 27.0 Å². The number of aliphatic imine (C=N–C) groups is 1. The van der Waals surface area contributed by atoms with Crippen molar-refractivity contribution in [3.8, 4) is 5.75 Å². The second-order valence-corrected chi connectivity index (χ2v) is 8.70. The van der Waals surface area contributed by atoms with Gasteiger partial charge in [-0.25, -0.2) is 4.39 Å². The van der Waals surface area contributed by atoms with Gasteiger partial charge in [-0.3, -0.25) is 10.2 Å².